The summed E-state index contributed by atoms with van der Waals surface area (Å²) in [5, 5.41) is 2.31. The van der Waals surface area contributed by atoms with Crippen LogP contribution in [0.25, 0.3) is 0 Å². The van der Waals surface area contributed by atoms with E-state index in [2.05, 4.69) is 5.32 Å². The van der Waals surface area contributed by atoms with Gasteiger partial charge in [-0.3, -0.25) is 4.79 Å². The van der Waals surface area contributed by atoms with Crippen molar-refractivity contribution >= 4 is 21.4 Å². The summed E-state index contributed by atoms with van der Waals surface area (Å²) in [5.74, 6) is -4.29. The Morgan fingerprint density at radius 3 is 2.43 bits per heavy atom. The number of nitrogens with one attached hydrogen (secondary N) is 1. The van der Waals surface area contributed by atoms with E-state index in [1.807, 2.05) is 6.92 Å². The predicted molar refractivity (Wildman–Crippen MR) is 75.7 cm³/mol. The number of nitrogens with two attached hydrogens (primary N) is 1. The van der Waals surface area contributed by atoms with Crippen LogP contribution in [-0.2, 0) is 14.6 Å². The summed E-state index contributed by atoms with van der Waals surface area (Å²) < 4.78 is 48.4. The molecule has 0 saturated carbocycles. The molecule has 0 aliphatic heterocycles. The van der Waals surface area contributed by atoms with E-state index in [-0.39, 0.29) is 11.6 Å². The number of rotatable bonds is 6. The highest BCUT2D eigenvalue weighted by Crippen LogP contribution is 2.26. The van der Waals surface area contributed by atoms with Crippen LogP contribution < -0.4 is 11.1 Å². The topological polar surface area (TPSA) is 89.3 Å². The lowest BCUT2D eigenvalue weighted by Gasteiger charge is -2.19. The lowest BCUT2D eigenvalue weighted by atomic mass is 9.99. The minimum atomic E-state index is -4.79. The highest BCUT2D eigenvalue weighted by Gasteiger charge is 2.30. The number of halogens is 2. The molecule has 0 heterocycles. The molecule has 0 radical (unpaired) electrons. The molecule has 8 heteroatoms. The molecule has 1 aromatic rings. The SMILES string of the molecule is CC[C@H](C)[C@H](N)C(=O)Nc1ccccc1S(=O)(=O)C(F)F. The van der Waals surface area contributed by atoms with Crippen LogP contribution in [0.1, 0.15) is 20.3 Å². The summed E-state index contributed by atoms with van der Waals surface area (Å²) in [6.07, 6.45) is 0.658. The van der Waals surface area contributed by atoms with E-state index in [1.165, 1.54) is 18.2 Å². The van der Waals surface area contributed by atoms with Crippen molar-refractivity contribution in [1.29, 1.82) is 0 Å². The van der Waals surface area contributed by atoms with Gasteiger partial charge in [-0.25, -0.2) is 8.42 Å². The number of alkyl halides is 2. The van der Waals surface area contributed by atoms with Gasteiger partial charge in [0.05, 0.1) is 16.6 Å². The van der Waals surface area contributed by atoms with E-state index < -0.39 is 32.4 Å². The summed E-state index contributed by atoms with van der Waals surface area (Å²) in [7, 11) is -4.79. The summed E-state index contributed by atoms with van der Waals surface area (Å²) in [4.78, 5) is 11.3. The first-order valence-corrected chi connectivity index (χ1v) is 7.94. The Kier molecular flexibility index (Phi) is 5.79. The number of anilines is 1. The minimum absolute atomic E-state index is 0.121. The first-order valence-electron chi connectivity index (χ1n) is 6.39. The van der Waals surface area contributed by atoms with Crippen molar-refractivity contribution in [3.8, 4) is 0 Å². The third kappa shape index (κ3) is 3.98. The van der Waals surface area contributed by atoms with Gasteiger partial charge in [0.15, 0.2) is 0 Å². The van der Waals surface area contributed by atoms with Gasteiger partial charge in [0.25, 0.3) is 0 Å². The minimum Gasteiger partial charge on any atom is -0.324 e. The van der Waals surface area contributed by atoms with Gasteiger partial charge in [-0.1, -0.05) is 32.4 Å². The summed E-state index contributed by atoms with van der Waals surface area (Å²) in [6, 6.07) is 4.16. The lowest BCUT2D eigenvalue weighted by molar-refractivity contribution is -0.118. The third-order valence-corrected chi connectivity index (χ3v) is 4.68. The van der Waals surface area contributed by atoms with Crippen molar-refractivity contribution in [2.45, 2.75) is 37.0 Å². The molecule has 0 saturated heterocycles. The number of carbonyl (C=O) groups excluding carboxylic acids is 1. The van der Waals surface area contributed by atoms with Gasteiger partial charge in [-0.05, 0) is 18.1 Å². The summed E-state index contributed by atoms with van der Waals surface area (Å²) >= 11 is 0. The van der Waals surface area contributed by atoms with Crippen LogP contribution in [0.5, 0.6) is 0 Å². The van der Waals surface area contributed by atoms with Crippen LogP contribution in [0.3, 0.4) is 0 Å². The lowest BCUT2D eigenvalue weighted by Crippen LogP contribution is -2.40. The van der Waals surface area contributed by atoms with Gasteiger partial charge in [0.2, 0.25) is 15.7 Å². The molecule has 1 amide bonds. The molecule has 0 spiro atoms. The molecular weight excluding hydrogens is 302 g/mol. The first kappa shape index (κ1) is 17.5. The van der Waals surface area contributed by atoms with Crippen molar-refractivity contribution in [3.05, 3.63) is 24.3 Å². The third-order valence-electron chi connectivity index (χ3n) is 3.25. The molecule has 0 aliphatic carbocycles. The fourth-order valence-corrected chi connectivity index (χ4v) is 2.53. The molecule has 0 fully saturated rings. The van der Waals surface area contributed by atoms with Crippen LogP contribution >= 0.6 is 0 Å². The zero-order valence-electron chi connectivity index (χ0n) is 11.7. The van der Waals surface area contributed by atoms with Gasteiger partial charge in [-0.2, -0.15) is 8.78 Å². The maximum absolute atomic E-state index is 12.6. The van der Waals surface area contributed by atoms with Crippen LogP contribution in [0.15, 0.2) is 29.2 Å². The Hall–Kier alpha value is -1.54. The van der Waals surface area contributed by atoms with Gasteiger partial charge >= 0.3 is 5.76 Å². The maximum Gasteiger partial charge on any atom is 0.341 e. The number of hydrogen-bond acceptors (Lipinski definition) is 4. The van der Waals surface area contributed by atoms with Gasteiger partial charge < -0.3 is 11.1 Å². The Morgan fingerprint density at radius 2 is 1.90 bits per heavy atom. The van der Waals surface area contributed by atoms with Crippen LogP contribution in [0.4, 0.5) is 14.5 Å². The van der Waals surface area contributed by atoms with E-state index in [0.29, 0.717) is 6.42 Å². The molecule has 0 bridgehead atoms. The smallest absolute Gasteiger partial charge is 0.324 e. The molecule has 5 nitrogen and oxygen atoms in total. The van der Waals surface area contributed by atoms with Crippen LogP contribution in [0, 0.1) is 5.92 Å². The van der Waals surface area contributed by atoms with E-state index in [1.54, 1.807) is 6.92 Å². The van der Waals surface area contributed by atoms with E-state index >= 15 is 0 Å². The molecule has 0 unspecified atom stereocenters. The quantitative estimate of drug-likeness (QED) is 0.839. The van der Waals surface area contributed by atoms with Gasteiger partial charge in [0.1, 0.15) is 0 Å². The molecule has 1 rings (SSSR count). The zero-order valence-corrected chi connectivity index (χ0v) is 12.5. The second kappa shape index (κ2) is 6.95. The fraction of sp³-hybridized carbons (Fsp3) is 0.462. The number of carbonyl (C=O) groups is 1. The maximum atomic E-state index is 12.6. The van der Waals surface area contributed by atoms with Crippen molar-refractivity contribution in [1.82, 2.24) is 0 Å². The van der Waals surface area contributed by atoms with Crippen molar-refractivity contribution in [2.24, 2.45) is 11.7 Å². The molecule has 0 aliphatic rings. The predicted octanol–water partition coefficient (Wildman–Crippen LogP) is 1.99. The van der Waals surface area contributed by atoms with E-state index in [4.69, 9.17) is 5.73 Å². The normalized spacial score (nSPS) is 14.8. The highest BCUT2D eigenvalue weighted by atomic mass is 32.2. The van der Waals surface area contributed by atoms with Crippen molar-refractivity contribution in [2.75, 3.05) is 5.32 Å². The largest absolute Gasteiger partial charge is 0.341 e. The molecule has 21 heavy (non-hydrogen) atoms. The Balaban J connectivity index is 3.09. The number of hydrogen-bond donors (Lipinski definition) is 2. The van der Waals surface area contributed by atoms with E-state index in [9.17, 15) is 22.0 Å². The van der Waals surface area contributed by atoms with Crippen LogP contribution in [0.2, 0.25) is 0 Å². The van der Waals surface area contributed by atoms with Gasteiger partial charge in [0, 0.05) is 0 Å². The number of sulfone groups is 1. The molecular formula is C13H18F2N2O3S. The second-order valence-electron chi connectivity index (χ2n) is 4.70. The highest BCUT2D eigenvalue weighted by molar-refractivity contribution is 7.91. The Bertz CT molecular complexity index is 605. The van der Waals surface area contributed by atoms with Crippen LogP contribution in [-0.4, -0.2) is 26.1 Å². The van der Waals surface area contributed by atoms with E-state index in [0.717, 1.165) is 6.07 Å². The Labute approximate surface area is 122 Å². The number of amides is 1. The number of benzene rings is 1. The standard InChI is InChI=1S/C13H18F2N2O3S/c1-3-8(2)11(16)12(18)17-9-6-4-5-7-10(9)21(19,20)13(14)15/h4-8,11,13H,3,16H2,1-2H3,(H,17,18)/t8-,11-/m0/s1. The monoisotopic (exact) mass is 320 g/mol. The van der Waals surface area contributed by atoms with Gasteiger partial charge in [-0.15, -0.1) is 0 Å². The average molecular weight is 320 g/mol. The average Bonchev–Trinajstić information content (AvgIpc) is 2.45. The molecule has 1 aromatic carbocycles. The molecule has 2 atom stereocenters. The van der Waals surface area contributed by atoms with Crippen molar-refractivity contribution in [3.63, 3.8) is 0 Å². The molecule has 3 N–H and O–H groups in total. The first-order chi connectivity index (χ1) is 9.71. The zero-order chi connectivity index (χ0) is 16.2. The molecule has 0 aromatic heterocycles. The molecule has 118 valence electrons. The summed E-state index contributed by atoms with van der Waals surface area (Å²) in [5.41, 5.74) is 5.54. The second-order valence-corrected chi connectivity index (χ2v) is 6.59. The fourth-order valence-electron chi connectivity index (χ4n) is 1.64. The Morgan fingerprint density at radius 1 is 1.33 bits per heavy atom. The number of para-hydroxylation sites is 1. The summed E-state index contributed by atoms with van der Waals surface area (Å²) in [6.45, 7) is 3.62. The van der Waals surface area contributed by atoms with Crippen molar-refractivity contribution < 1.29 is 22.0 Å².